The molecule has 0 saturated carbocycles. The number of hydrogen-bond donors (Lipinski definition) is 1. The van der Waals surface area contributed by atoms with E-state index in [1.54, 1.807) is 11.9 Å². The zero-order valence-corrected chi connectivity index (χ0v) is 26.7. The fourth-order valence-corrected chi connectivity index (χ4v) is 6.34. The largest absolute Gasteiger partial charge is 0.481 e. The number of hydrogen-bond acceptors (Lipinski definition) is 11. The molecular weight excluding hydrogens is 642 g/mol. The Kier molecular flexibility index (Phi) is 20.1. The highest BCUT2D eigenvalue weighted by atomic mass is 32.2. The Labute approximate surface area is 258 Å². The number of carbonyl (C=O) groups excluding carboxylic acids is 1. The van der Waals surface area contributed by atoms with Gasteiger partial charge in [-0.2, -0.15) is 27.9 Å². The van der Waals surface area contributed by atoms with Crippen LogP contribution in [0.2, 0.25) is 0 Å². The molecule has 0 saturated heterocycles. The van der Waals surface area contributed by atoms with Gasteiger partial charge in [0.2, 0.25) is 11.6 Å². The van der Waals surface area contributed by atoms with Crippen molar-refractivity contribution in [2.75, 3.05) is 94.3 Å². The molecule has 0 radical (unpaired) electrons. The zero-order chi connectivity index (χ0) is 32.3. The number of benzene rings is 1. The molecule has 0 amide bonds. The second-order valence-corrected chi connectivity index (χ2v) is 13.8. The molecule has 0 aliphatic rings. The summed E-state index contributed by atoms with van der Waals surface area (Å²) in [6.07, 6.45) is -0.163. The van der Waals surface area contributed by atoms with Crippen molar-refractivity contribution in [2.45, 2.75) is 19.8 Å². The second kappa shape index (κ2) is 22.0. The maximum atomic E-state index is 13.9. The molecule has 0 aliphatic carbocycles. The van der Waals surface area contributed by atoms with Crippen LogP contribution in [0.25, 0.3) is 0 Å². The van der Waals surface area contributed by atoms with Crippen LogP contribution in [0.5, 0.6) is 5.75 Å². The number of rotatable bonds is 25. The molecule has 0 aromatic heterocycles. The summed E-state index contributed by atoms with van der Waals surface area (Å²) < 4.78 is 99.3. The number of carboxylic acids is 1. The summed E-state index contributed by atoms with van der Waals surface area (Å²) in [5, 5.41) is 8.64. The van der Waals surface area contributed by atoms with Crippen LogP contribution in [0.3, 0.4) is 0 Å². The predicted octanol–water partition coefficient (Wildman–Crippen LogP) is 3.18. The third-order valence-electron chi connectivity index (χ3n) is 5.63. The van der Waals surface area contributed by atoms with Crippen molar-refractivity contribution in [3.05, 3.63) is 28.8 Å². The number of sulfone groups is 1. The number of carbonyl (C=O) groups is 2. The lowest BCUT2D eigenvalue weighted by Gasteiger charge is -2.15. The molecule has 43 heavy (non-hydrogen) atoms. The number of nitrogens with zero attached hydrogens (tertiary/aromatic N) is 1. The molecule has 1 aromatic carbocycles. The molecule has 0 fully saturated rings. The molecule has 1 N–H and O–H groups in total. The van der Waals surface area contributed by atoms with E-state index in [1.165, 1.54) is 23.5 Å². The normalized spacial score (nSPS) is 11.8. The molecule has 10 nitrogen and oxygen atoms in total. The fraction of sp³-hybridized carbons (Fsp3) is 0.692. The first kappa shape index (κ1) is 39.4. The average Bonchev–Trinajstić information content (AvgIpc) is 2.96. The van der Waals surface area contributed by atoms with Crippen molar-refractivity contribution in [3.8, 4) is 5.75 Å². The molecule has 0 aliphatic heterocycles. The van der Waals surface area contributed by atoms with Gasteiger partial charge in [0.1, 0.15) is 0 Å². The Balaban J connectivity index is 1.97. The highest BCUT2D eigenvalue weighted by Gasteiger charge is 2.26. The predicted molar refractivity (Wildman–Crippen MR) is 157 cm³/mol. The first-order chi connectivity index (χ1) is 20.4. The van der Waals surface area contributed by atoms with Crippen molar-refractivity contribution >= 4 is 45.3 Å². The van der Waals surface area contributed by atoms with Crippen LogP contribution < -0.4 is 4.74 Å². The van der Waals surface area contributed by atoms with Gasteiger partial charge in [-0.3, -0.25) is 9.59 Å². The quantitative estimate of drug-likeness (QED) is 0.0407. The number of carboxylic acid groups (broad SMARTS) is 1. The Hall–Kier alpha value is -1.63. The van der Waals surface area contributed by atoms with Crippen molar-refractivity contribution in [1.82, 2.24) is 4.90 Å². The molecule has 0 unspecified atom stereocenters. The number of aliphatic carboxylic acids is 1. The molecule has 17 heteroatoms. The Morgan fingerprint density at radius 2 is 1.35 bits per heavy atom. The number of ether oxygens (including phenoxy) is 4. The third-order valence-corrected chi connectivity index (χ3v) is 9.40. The van der Waals surface area contributed by atoms with Gasteiger partial charge in [-0.15, -0.1) is 0 Å². The van der Waals surface area contributed by atoms with E-state index in [0.717, 1.165) is 6.92 Å². The van der Waals surface area contributed by atoms with Crippen molar-refractivity contribution in [1.29, 1.82) is 0 Å². The molecule has 1 aromatic rings. The summed E-state index contributed by atoms with van der Waals surface area (Å²) >= 11 is 2.79. The Morgan fingerprint density at radius 3 is 1.98 bits per heavy atom. The standard InChI is InChI=1S/C26H39F4NO9S3/c1-19-22(27)24(29)25(30)26(23(19)28)40-21(34)4-13-41-14-10-38-8-9-39-11-15-42-16-18-43(35,36)17-12-37-7-6-31(2)5-3-20(32)33/h3-18H2,1-2H3,(H,32,33). The van der Waals surface area contributed by atoms with Gasteiger partial charge in [0.25, 0.3) is 0 Å². The Bertz CT molecular complexity index is 1080. The SMILES string of the molecule is Cc1c(F)c(F)c(F)c(OC(=O)CCSCCOCCOCCSCCS(=O)(=O)CCOCCN(C)CCC(=O)O)c1F. The first-order valence-electron chi connectivity index (χ1n) is 13.4. The summed E-state index contributed by atoms with van der Waals surface area (Å²) in [6.45, 7) is 3.73. The number of halogens is 4. The van der Waals surface area contributed by atoms with Gasteiger partial charge in [0, 0.05) is 41.7 Å². The zero-order valence-electron chi connectivity index (χ0n) is 24.2. The van der Waals surface area contributed by atoms with Crippen LogP contribution in [0.4, 0.5) is 17.6 Å². The molecule has 1 rings (SSSR count). The van der Waals surface area contributed by atoms with Gasteiger partial charge in [-0.1, -0.05) is 0 Å². The molecular formula is C26H39F4NO9S3. The van der Waals surface area contributed by atoms with E-state index >= 15 is 0 Å². The van der Waals surface area contributed by atoms with E-state index in [1.807, 2.05) is 0 Å². The van der Waals surface area contributed by atoms with Crippen LogP contribution in [0.15, 0.2) is 0 Å². The average molecular weight is 682 g/mol. The van der Waals surface area contributed by atoms with E-state index in [4.69, 9.17) is 19.3 Å². The van der Waals surface area contributed by atoms with Gasteiger partial charge in [-0.05, 0) is 14.0 Å². The minimum absolute atomic E-state index is 0.0380. The topological polar surface area (TPSA) is 129 Å². The van der Waals surface area contributed by atoms with Gasteiger partial charge in [0.15, 0.2) is 27.3 Å². The summed E-state index contributed by atoms with van der Waals surface area (Å²) in [5.41, 5.74) is -0.783. The van der Waals surface area contributed by atoms with Crippen LogP contribution in [0.1, 0.15) is 18.4 Å². The van der Waals surface area contributed by atoms with Gasteiger partial charge in [0.05, 0.1) is 64.0 Å². The van der Waals surface area contributed by atoms with E-state index in [2.05, 4.69) is 4.74 Å². The van der Waals surface area contributed by atoms with Gasteiger partial charge in [-0.25, -0.2) is 21.6 Å². The summed E-state index contributed by atoms with van der Waals surface area (Å²) in [6, 6.07) is 0. The van der Waals surface area contributed by atoms with Crippen LogP contribution in [-0.2, 0) is 33.6 Å². The fourth-order valence-electron chi connectivity index (χ4n) is 3.09. The third kappa shape index (κ3) is 17.4. The minimum atomic E-state index is -3.23. The number of thioether (sulfide) groups is 2. The van der Waals surface area contributed by atoms with Crippen LogP contribution in [-0.4, -0.2) is 125 Å². The number of likely N-dealkylation sites (N-methyl/N-ethyl adjacent to an activating group) is 1. The number of esters is 1. The molecule has 0 heterocycles. The summed E-state index contributed by atoms with van der Waals surface area (Å²) in [7, 11) is -1.46. The lowest BCUT2D eigenvalue weighted by Crippen LogP contribution is -2.26. The highest BCUT2D eigenvalue weighted by Crippen LogP contribution is 2.30. The highest BCUT2D eigenvalue weighted by molar-refractivity contribution is 8.00. The molecule has 0 bridgehead atoms. The van der Waals surface area contributed by atoms with Crippen molar-refractivity contribution in [2.24, 2.45) is 0 Å². The Morgan fingerprint density at radius 1 is 0.744 bits per heavy atom. The molecule has 0 spiro atoms. The van der Waals surface area contributed by atoms with E-state index in [9.17, 15) is 35.6 Å². The first-order valence-corrected chi connectivity index (χ1v) is 17.5. The van der Waals surface area contributed by atoms with Crippen LogP contribution >= 0.6 is 23.5 Å². The molecule has 248 valence electrons. The maximum Gasteiger partial charge on any atom is 0.312 e. The van der Waals surface area contributed by atoms with E-state index < -0.39 is 56.4 Å². The van der Waals surface area contributed by atoms with Gasteiger partial charge >= 0.3 is 11.9 Å². The summed E-state index contributed by atoms with van der Waals surface area (Å²) in [4.78, 5) is 24.1. The van der Waals surface area contributed by atoms with Crippen LogP contribution in [0, 0.1) is 30.2 Å². The maximum absolute atomic E-state index is 13.9. The van der Waals surface area contributed by atoms with Crippen molar-refractivity contribution in [3.63, 3.8) is 0 Å². The second-order valence-electron chi connectivity index (χ2n) is 9.09. The monoisotopic (exact) mass is 681 g/mol. The van der Waals surface area contributed by atoms with Crippen molar-refractivity contribution < 1.29 is 59.6 Å². The van der Waals surface area contributed by atoms with E-state index in [0.29, 0.717) is 63.4 Å². The minimum Gasteiger partial charge on any atom is -0.481 e. The smallest absolute Gasteiger partial charge is 0.312 e. The lowest BCUT2D eigenvalue weighted by molar-refractivity contribution is -0.137. The molecule has 0 atom stereocenters. The summed E-state index contributed by atoms with van der Waals surface area (Å²) in [5.74, 6) is -8.24. The van der Waals surface area contributed by atoms with Gasteiger partial charge < -0.3 is 29.0 Å². The van der Waals surface area contributed by atoms with E-state index in [-0.39, 0.29) is 36.7 Å². The lowest BCUT2D eigenvalue weighted by atomic mass is 10.2.